The molecule has 10 nitrogen and oxygen atoms in total. The highest BCUT2D eigenvalue weighted by Gasteiger charge is 2.37. The van der Waals surface area contributed by atoms with Crippen molar-refractivity contribution in [3.63, 3.8) is 0 Å². The molecule has 228 valence electrons. The van der Waals surface area contributed by atoms with Gasteiger partial charge in [-0.2, -0.15) is 13.2 Å². The Bertz CT molecular complexity index is 1750. The molecule has 1 saturated heterocycles. The summed E-state index contributed by atoms with van der Waals surface area (Å²) in [6, 6.07) is 4.51. The summed E-state index contributed by atoms with van der Waals surface area (Å²) in [5.41, 5.74) is 1.65. The van der Waals surface area contributed by atoms with Crippen molar-refractivity contribution < 1.29 is 26.4 Å². The van der Waals surface area contributed by atoms with E-state index >= 15 is 0 Å². The molecule has 0 spiro atoms. The lowest BCUT2D eigenvalue weighted by Crippen LogP contribution is -2.48. The van der Waals surface area contributed by atoms with E-state index in [0.717, 1.165) is 0 Å². The number of H-pyrrole nitrogens is 1. The second kappa shape index (κ2) is 12.4. The molecule has 0 aliphatic carbocycles. The molecule has 1 fully saturated rings. The standard InChI is InChI=1S/C26H28Cl2F3N5O5S/c1-2-42(40,41)20-4-3-16(27)11-15(20)13-36-24(38)17-12-19(26(29,30)31)18(22(28)23(17)33-25(36)39)14-34-7-9-35(10-8-34)21(37)5-6-32/h3-4,11-12H,2,5-10,13-14,32H2,1H3,(H,33,39). The number of hydrogen-bond acceptors (Lipinski definition) is 7. The lowest BCUT2D eigenvalue weighted by molar-refractivity contribution is -0.138. The zero-order chi connectivity index (χ0) is 31.0. The Morgan fingerprint density at radius 3 is 2.33 bits per heavy atom. The number of nitrogens with zero attached hydrogens (tertiary/aromatic N) is 3. The highest BCUT2D eigenvalue weighted by atomic mass is 35.5. The zero-order valence-electron chi connectivity index (χ0n) is 22.4. The molecule has 0 radical (unpaired) electrons. The minimum absolute atomic E-state index is 0.0270. The molecule has 0 bridgehead atoms. The summed E-state index contributed by atoms with van der Waals surface area (Å²) in [6.45, 7) is 1.96. The van der Waals surface area contributed by atoms with Crippen LogP contribution in [0.4, 0.5) is 13.2 Å². The number of alkyl halides is 3. The van der Waals surface area contributed by atoms with Crippen molar-refractivity contribution >= 4 is 49.8 Å². The van der Waals surface area contributed by atoms with E-state index in [1.54, 1.807) is 9.80 Å². The Morgan fingerprint density at radius 2 is 1.74 bits per heavy atom. The summed E-state index contributed by atoms with van der Waals surface area (Å²) in [5, 5.41) is -0.781. The van der Waals surface area contributed by atoms with E-state index in [4.69, 9.17) is 28.9 Å². The number of aromatic nitrogens is 2. The van der Waals surface area contributed by atoms with Gasteiger partial charge in [0.05, 0.1) is 38.7 Å². The van der Waals surface area contributed by atoms with Crippen LogP contribution in [0.5, 0.6) is 0 Å². The van der Waals surface area contributed by atoms with Crippen LogP contribution in [0.25, 0.3) is 10.9 Å². The van der Waals surface area contributed by atoms with E-state index in [0.29, 0.717) is 23.7 Å². The number of halogens is 5. The fourth-order valence-corrected chi connectivity index (χ4v) is 6.52. The smallest absolute Gasteiger partial charge is 0.340 e. The monoisotopic (exact) mass is 649 g/mol. The van der Waals surface area contributed by atoms with Crippen LogP contribution in [-0.4, -0.2) is 72.2 Å². The largest absolute Gasteiger partial charge is 0.416 e. The van der Waals surface area contributed by atoms with E-state index in [1.165, 1.54) is 25.1 Å². The van der Waals surface area contributed by atoms with Crippen molar-refractivity contribution in [2.24, 2.45) is 5.73 Å². The van der Waals surface area contributed by atoms with Gasteiger partial charge in [-0.1, -0.05) is 30.1 Å². The minimum atomic E-state index is -4.89. The first-order valence-electron chi connectivity index (χ1n) is 12.9. The first kappa shape index (κ1) is 32.0. The Morgan fingerprint density at radius 1 is 1.07 bits per heavy atom. The summed E-state index contributed by atoms with van der Waals surface area (Å²) in [7, 11) is -3.79. The maximum atomic E-state index is 14.3. The average molecular weight is 651 g/mol. The van der Waals surface area contributed by atoms with Gasteiger partial charge in [0.15, 0.2) is 9.84 Å². The second-order valence-electron chi connectivity index (χ2n) is 9.81. The lowest BCUT2D eigenvalue weighted by atomic mass is 10.0. The number of nitrogens with two attached hydrogens (primary N) is 1. The Hall–Kier alpha value is -2.91. The number of piperazine rings is 1. The number of aromatic amines is 1. The van der Waals surface area contributed by atoms with Gasteiger partial charge in [-0.25, -0.2) is 13.2 Å². The number of fused-ring (bicyclic) bond motifs is 1. The molecule has 1 aromatic heterocycles. The quantitative estimate of drug-likeness (QED) is 0.383. The molecular formula is C26H28Cl2F3N5O5S. The van der Waals surface area contributed by atoms with Crippen molar-refractivity contribution in [2.75, 3.05) is 38.5 Å². The van der Waals surface area contributed by atoms with Crippen molar-refractivity contribution in [3.8, 4) is 0 Å². The molecule has 2 heterocycles. The summed E-state index contributed by atoms with van der Waals surface area (Å²) in [6.07, 6.45) is -4.72. The number of carbonyl (C=O) groups is 1. The first-order chi connectivity index (χ1) is 19.7. The maximum absolute atomic E-state index is 14.3. The highest BCUT2D eigenvalue weighted by molar-refractivity contribution is 7.91. The predicted octanol–water partition coefficient (Wildman–Crippen LogP) is 2.85. The summed E-state index contributed by atoms with van der Waals surface area (Å²) >= 11 is 12.5. The van der Waals surface area contributed by atoms with E-state index < -0.39 is 49.8 Å². The number of benzene rings is 2. The van der Waals surface area contributed by atoms with Crippen molar-refractivity contribution in [2.45, 2.75) is 37.5 Å². The van der Waals surface area contributed by atoms with Crippen molar-refractivity contribution in [1.29, 1.82) is 0 Å². The minimum Gasteiger partial charge on any atom is -0.340 e. The Kier molecular flexibility index (Phi) is 9.43. The van der Waals surface area contributed by atoms with Gasteiger partial charge in [-0.3, -0.25) is 19.1 Å². The van der Waals surface area contributed by atoms with Gasteiger partial charge in [-0.05, 0) is 35.4 Å². The predicted molar refractivity (Wildman–Crippen MR) is 153 cm³/mol. The Balaban J connectivity index is 1.78. The van der Waals surface area contributed by atoms with Gasteiger partial charge in [-0.15, -0.1) is 0 Å². The molecule has 0 saturated carbocycles. The molecule has 16 heteroatoms. The van der Waals surface area contributed by atoms with Gasteiger partial charge in [0, 0.05) is 50.7 Å². The van der Waals surface area contributed by atoms with Gasteiger partial charge in [0.1, 0.15) is 0 Å². The van der Waals surface area contributed by atoms with Crippen molar-refractivity contribution in [3.05, 3.63) is 71.8 Å². The number of hydrogen-bond donors (Lipinski definition) is 2. The third-order valence-corrected chi connectivity index (χ3v) is 9.64. The van der Waals surface area contributed by atoms with Gasteiger partial charge >= 0.3 is 11.9 Å². The third-order valence-electron chi connectivity index (χ3n) is 7.16. The van der Waals surface area contributed by atoms with Crippen LogP contribution in [0.2, 0.25) is 10.0 Å². The molecular weight excluding hydrogens is 622 g/mol. The number of rotatable bonds is 8. The van der Waals surface area contributed by atoms with Gasteiger partial charge in [0.2, 0.25) is 5.91 Å². The van der Waals surface area contributed by atoms with Crippen LogP contribution in [0.1, 0.15) is 30.0 Å². The summed E-state index contributed by atoms with van der Waals surface area (Å²) in [5.74, 6) is -0.403. The fraction of sp³-hybridized carbons (Fsp3) is 0.423. The van der Waals surface area contributed by atoms with E-state index in [-0.39, 0.29) is 70.8 Å². The number of nitrogens with one attached hydrogen (secondary N) is 1. The van der Waals surface area contributed by atoms with Crippen LogP contribution in [0, 0.1) is 0 Å². The number of carbonyl (C=O) groups excluding carboxylic acids is 1. The number of amides is 1. The molecule has 42 heavy (non-hydrogen) atoms. The van der Waals surface area contributed by atoms with Gasteiger partial charge < -0.3 is 15.6 Å². The molecule has 1 aliphatic rings. The Labute approximate surface area is 248 Å². The zero-order valence-corrected chi connectivity index (χ0v) is 24.8. The molecule has 3 N–H and O–H groups in total. The van der Waals surface area contributed by atoms with E-state index in [1.807, 2.05) is 0 Å². The van der Waals surface area contributed by atoms with Crippen molar-refractivity contribution in [1.82, 2.24) is 19.4 Å². The molecule has 3 aromatic rings. The molecule has 0 atom stereocenters. The maximum Gasteiger partial charge on any atom is 0.416 e. The molecule has 4 rings (SSSR count). The van der Waals surface area contributed by atoms with E-state index in [2.05, 4.69) is 4.98 Å². The van der Waals surface area contributed by atoms with Crippen LogP contribution >= 0.6 is 23.2 Å². The summed E-state index contributed by atoms with van der Waals surface area (Å²) in [4.78, 5) is 44.1. The van der Waals surface area contributed by atoms with Crippen LogP contribution in [-0.2, 0) is 33.9 Å². The van der Waals surface area contributed by atoms with Crippen LogP contribution in [0.3, 0.4) is 0 Å². The van der Waals surface area contributed by atoms with Crippen LogP contribution in [0.15, 0.2) is 38.8 Å². The molecule has 0 unspecified atom stereocenters. The normalized spacial score (nSPS) is 15.0. The molecule has 1 amide bonds. The van der Waals surface area contributed by atoms with Gasteiger partial charge in [0.25, 0.3) is 5.56 Å². The fourth-order valence-electron chi connectivity index (χ4n) is 4.91. The van der Waals surface area contributed by atoms with Crippen LogP contribution < -0.4 is 17.0 Å². The summed E-state index contributed by atoms with van der Waals surface area (Å²) < 4.78 is 68.7. The molecule has 2 aromatic carbocycles. The first-order valence-corrected chi connectivity index (χ1v) is 15.4. The van der Waals surface area contributed by atoms with E-state index in [9.17, 15) is 36.0 Å². The topological polar surface area (TPSA) is 139 Å². The number of sulfone groups is 1. The SMILES string of the molecule is CCS(=O)(=O)c1ccc(Cl)cc1Cn1c(=O)[nH]c2c(Cl)c(CN3CCN(C(=O)CCN)CC3)c(C(F)(F)F)cc2c1=O. The second-order valence-corrected chi connectivity index (χ2v) is 12.9. The highest BCUT2D eigenvalue weighted by Crippen LogP contribution is 2.38. The lowest BCUT2D eigenvalue weighted by Gasteiger charge is -2.35. The third kappa shape index (κ3) is 6.52. The molecule has 1 aliphatic heterocycles. The average Bonchev–Trinajstić information content (AvgIpc) is 2.92.